The third kappa shape index (κ3) is 6.78. The minimum atomic E-state index is 0. The fourth-order valence-corrected chi connectivity index (χ4v) is 3.34. The van der Waals surface area contributed by atoms with Gasteiger partial charge in [-0.2, -0.15) is 0 Å². The number of aliphatic imine (C=N–C) groups is 1. The van der Waals surface area contributed by atoms with Crippen LogP contribution in [-0.2, 0) is 11.3 Å². The number of guanidine groups is 1. The third-order valence-corrected chi connectivity index (χ3v) is 4.92. The number of piperidine rings is 1. The maximum absolute atomic E-state index is 12.4. The highest BCUT2D eigenvalue weighted by Gasteiger charge is 2.22. The number of aryl methyl sites for hydroxylation is 2. The second-order valence-electron chi connectivity index (χ2n) is 6.96. The van der Waals surface area contributed by atoms with Crippen molar-refractivity contribution >= 4 is 35.8 Å². The van der Waals surface area contributed by atoms with E-state index in [2.05, 4.69) is 54.6 Å². The van der Waals surface area contributed by atoms with Gasteiger partial charge in [-0.05, 0) is 51.2 Å². The van der Waals surface area contributed by atoms with E-state index in [0.717, 1.165) is 31.9 Å². The SMILES string of the molecule is CN=C(NCCC(=O)N1CCCCC1C)NCc1ccc(C)cc1C.I. The first kappa shape index (κ1) is 22.7. The van der Waals surface area contributed by atoms with Crippen LogP contribution in [0.2, 0.25) is 0 Å². The molecule has 26 heavy (non-hydrogen) atoms. The van der Waals surface area contributed by atoms with Crippen LogP contribution in [0.4, 0.5) is 0 Å². The van der Waals surface area contributed by atoms with Gasteiger partial charge in [-0.1, -0.05) is 23.8 Å². The van der Waals surface area contributed by atoms with Crippen LogP contribution < -0.4 is 10.6 Å². The van der Waals surface area contributed by atoms with Gasteiger partial charge in [0.2, 0.25) is 5.91 Å². The first-order chi connectivity index (χ1) is 12.0. The maximum Gasteiger partial charge on any atom is 0.224 e. The number of carbonyl (C=O) groups is 1. The Morgan fingerprint density at radius 3 is 2.69 bits per heavy atom. The van der Waals surface area contributed by atoms with Crippen molar-refractivity contribution in [2.45, 2.75) is 59.0 Å². The fraction of sp³-hybridized carbons (Fsp3) is 0.600. The van der Waals surface area contributed by atoms with Crippen molar-refractivity contribution < 1.29 is 4.79 Å². The Labute approximate surface area is 175 Å². The van der Waals surface area contributed by atoms with Gasteiger partial charge in [-0.25, -0.2) is 0 Å². The molecule has 1 saturated heterocycles. The molecule has 1 aromatic carbocycles. The van der Waals surface area contributed by atoms with Crippen LogP contribution in [-0.4, -0.2) is 42.9 Å². The van der Waals surface area contributed by atoms with E-state index in [1.54, 1.807) is 7.05 Å². The molecule has 0 aliphatic carbocycles. The van der Waals surface area contributed by atoms with Crippen LogP contribution in [0.5, 0.6) is 0 Å². The van der Waals surface area contributed by atoms with Gasteiger partial charge in [-0.3, -0.25) is 9.79 Å². The molecule has 6 heteroatoms. The van der Waals surface area contributed by atoms with Gasteiger partial charge < -0.3 is 15.5 Å². The van der Waals surface area contributed by atoms with E-state index < -0.39 is 0 Å². The number of carbonyl (C=O) groups excluding carboxylic acids is 1. The number of hydrogen-bond acceptors (Lipinski definition) is 2. The Balaban J connectivity index is 0.00000338. The smallest absolute Gasteiger partial charge is 0.224 e. The number of halogens is 1. The van der Waals surface area contributed by atoms with E-state index in [4.69, 9.17) is 0 Å². The van der Waals surface area contributed by atoms with Crippen molar-refractivity contribution in [3.8, 4) is 0 Å². The molecule has 1 fully saturated rings. The molecule has 0 radical (unpaired) electrons. The highest BCUT2D eigenvalue weighted by molar-refractivity contribution is 14.0. The van der Waals surface area contributed by atoms with Crippen molar-refractivity contribution in [2.24, 2.45) is 4.99 Å². The molecule has 1 aliphatic heterocycles. The summed E-state index contributed by atoms with van der Waals surface area (Å²) in [5.74, 6) is 0.976. The molecule has 2 N–H and O–H groups in total. The van der Waals surface area contributed by atoms with Crippen LogP contribution in [0.25, 0.3) is 0 Å². The summed E-state index contributed by atoms with van der Waals surface area (Å²) < 4.78 is 0. The molecule has 0 spiro atoms. The van der Waals surface area contributed by atoms with Crippen LogP contribution in [0, 0.1) is 13.8 Å². The molecule has 1 amide bonds. The predicted octanol–water partition coefficient (Wildman–Crippen LogP) is 3.38. The van der Waals surface area contributed by atoms with Crippen molar-refractivity contribution in [1.29, 1.82) is 0 Å². The lowest BCUT2D eigenvalue weighted by molar-refractivity contribution is -0.134. The van der Waals surface area contributed by atoms with Gasteiger partial charge >= 0.3 is 0 Å². The Hall–Kier alpha value is -1.31. The summed E-state index contributed by atoms with van der Waals surface area (Å²) in [4.78, 5) is 18.6. The number of nitrogens with zero attached hydrogens (tertiary/aromatic N) is 2. The quantitative estimate of drug-likeness (QED) is 0.393. The predicted molar refractivity (Wildman–Crippen MR) is 119 cm³/mol. The van der Waals surface area contributed by atoms with Gasteiger partial charge in [0.05, 0.1) is 0 Å². The number of amides is 1. The molecule has 1 aliphatic rings. The maximum atomic E-state index is 12.4. The number of likely N-dealkylation sites (tertiary alicyclic amines) is 1. The summed E-state index contributed by atoms with van der Waals surface area (Å²) in [7, 11) is 1.76. The average Bonchev–Trinajstić information content (AvgIpc) is 2.59. The van der Waals surface area contributed by atoms with E-state index in [9.17, 15) is 4.79 Å². The highest BCUT2D eigenvalue weighted by atomic mass is 127. The molecule has 1 heterocycles. The monoisotopic (exact) mass is 472 g/mol. The van der Waals surface area contributed by atoms with Crippen LogP contribution in [0.3, 0.4) is 0 Å². The molecular formula is C20H33IN4O. The summed E-state index contributed by atoms with van der Waals surface area (Å²) in [6.07, 6.45) is 3.99. The molecule has 1 unspecified atom stereocenters. The molecule has 146 valence electrons. The number of hydrogen-bond donors (Lipinski definition) is 2. The van der Waals surface area contributed by atoms with Crippen LogP contribution >= 0.6 is 24.0 Å². The van der Waals surface area contributed by atoms with Crippen molar-refractivity contribution in [2.75, 3.05) is 20.1 Å². The Morgan fingerprint density at radius 1 is 1.27 bits per heavy atom. The van der Waals surface area contributed by atoms with Gasteiger partial charge in [0, 0.05) is 39.1 Å². The zero-order chi connectivity index (χ0) is 18.2. The fourth-order valence-electron chi connectivity index (χ4n) is 3.34. The van der Waals surface area contributed by atoms with Crippen molar-refractivity contribution in [3.05, 3.63) is 34.9 Å². The van der Waals surface area contributed by atoms with Gasteiger partial charge in [0.25, 0.3) is 0 Å². The first-order valence-corrected chi connectivity index (χ1v) is 9.31. The average molecular weight is 472 g/mol. The van der Waals surface area contributed by atoms with E-state index >= 15 is 0 Å². The molecule has 1 atom stereocenters. The summed E-state index contributed by atoms with van der Waals surface area (Å²) in [5.41, 5.74) is 3.80. The number of nitrogens with one attached hydrogen (secondary N) is 2. The Bertz CT molecular complexity index is 618. The minimum Gasteiger partial charge on any atom is -0.356 e. The Morgan fingerprint density at radius 2 is 2.04 bits per heavy atom. The lowest BCUT2D eigenvalue weighted by Crippen LogP contribution is -2.44. The van der Waals surface area contributed by atoms with Crippen molar-refractivity contribution in [3.63, 3.8) is 0 Å². The minimum absolute atomic E-state index is 0. The van der Waals surface area contributed by atoms with Crippen LogP contribution in [0.1, 0.15) is 49.3 Å². The molecule has 1 aromatic rings. The Kier molecular flexibility index (Phi) is 9.98. The largest absolute Gasteiger partial charge is 0.356 e. The number of benzene rings is 1. The topological polar surface area (TPSA) is 56.7 Å². The zero-order valence-electron chi connectivity index (χ0n) is 16.5. The third-order valence-electron chi connectivity index (χ3n) is 4.92. The lowest BCUT2D eigenvalue weighted by Gasteiger charge is -2.33. The summed E-state index contributed by atoms with van der Waals surface area (Å²) in [6, 6.07) is 6.83. The van der Waals surface area contributed by atoms with E-state index in [1.165, 1.54) is 23.1 Å². The second kappa shape index (κ2) is 11.4. The summed E-state index contributed by atoms with van der Waals surface area (Å²) in [6.45, 7) is 8.61. The summed E-state index contributed by atoms with van der Waals surface area (Å²) in [5, 5.41) is 6.57. The second-order valence-corrected chi connectivity index (χ2v) is 6.96. The molecule has 0 saturated carbocycles. The van der Waals surface area contributed by atoms with Crippen molar-refractivity contribution in [1.82, 2.24) is 15.5 Å². The van der Waals surface area contributed by atoms with Gasteiger partial charge in [-0.15, -0.1) is 24.0 Å². The van der Waals surface area contributed by atoms with Gasteiger partial charge in [0.1, 0.15) is 0 Å². The molecule has 0 aromatic heterocycles. The van der Waals surface area contributed by atoms with Crippen LogP contribution in [0.15, 0.2) is 23.2 Å². The molecule has 0 bridgehead atoms. The molecule has 2 rings (SSSR count). The van der Waals surface area contributed by atoms with Gasteiger partial charge in [0.15, 0.2) is 5.96 Å². The van der Waals surface area contributed by atoms with E-state index in [0.29, 0.717) is 19.0 Å². The van der Waals surface area contributed by atoms with E-state index in [1.807, 2.05) is 4.90 Å². The zero-order valence-corrected chi connectivity index (χ0v) is 18.8. The lowest BCUT2D eigenvalue weighted by atomic mass is 10.0. The normalized spacial score (nSPS) is 17.5. The highest BCUT2D eigenvalue weighted by Crippen LogP contribution is 2.17. The molecular weight excluding hydrogens is 439 g/mol. The molecule has 5 nitrogen and oxygen atoms in total. The van der Waals surface area contributed by atoms with E-state index in [-0.39, 0.29) is 29.9 Å². The first-order valence-electron chi connectivity index (χ1n) is 9.31. The standard InChI is InChI=1S/C20H32N4O.HI/c1-15-8-9-18(16(2)13-15)14-23-20(21-4)22-11-10-19(25)24-12-6-5-7-17(24)3;/h8-9,13,17H,5-7,10-12,14H2,1-4H3,(H2,21,22,23);1H. The summed E-state index contributed by atoms with van der Waals surface area (Å²) >= 11 is 0. The number of rotatable bonds is 5.